The minimum atomic E-state index is -0.583. The van der Waals surface area contributed by atoms with Crippen LogP contribution in [0.1, 0.15) is 0 Å². The van der Waals surface area contributed by atoms with Crippen molar-refractivity contribution < 1.29 is 9.53 Å². The first-order valence-electron chi connectivity index (χ1n) is 9.63. The molecule has 5 rings (SSSR count). The number of pyridine rings is 1. The summed E-state index contributed by atoms with van der Waals surface area (Å²) in [7, 11) is 0. The molecular formula is C21H14Cl2N8O3. The molecule has 0 bridgehead atoms. The highest BCUT2D eigenvalue weighted by Gasteiger charge is 2.25. The Labute approximate surface area is 201 Å². The molecule has 170 valence electrons. The minimum Gasteiger partial charge on any atom is -0.434 e. The van der Waals surface area contributed by atoms with Crippen LogP contribution in [0.15, 0.2) is 71.2 Å². The number of anilines is 1. The third-order valence-corrected chi connectivity index (χ3v) is 5.45. The van der Waals surface area contributed by atoms with Crippen molar-refractivity contribution in [1.29, 1.82) is 0 Å². The molecule has 1 aromatic carbocycles. The Morgan fingerprint density at radius 2 is 1.88 bits per heavy atom. The molecule has 0 aliphatic carbocycles. The van der Waals surface area contributed by atoms with Gasteiger partial charge in [-0.05, 0) is 29.8 Å². The first-order valence-corrected chi connectivity index (χ1v) is 10.4. The van der Waals surface area contributed by atoms with Crippen molar-refractivity contribution in [2.75, 3.05) is 5.01 Å². The smallest absolute Gasteiger partial charge is 0.347 e. The number of hydrogen-bond donors (Lipinski definition) is 3. The number of carbonyl (C=O) groups excluding carboxylic acids is 1. The number of rotatable bonds is 4. The Morgan fingerprint density at radius 3 is 2.65 bits per heavy atom. The molecule has 13 heteroatoms. The van der Waals surface area contributed by atoms with Gasteiger partial charge in [-0.1, -0.05) is 29.8 Å². The summed E-state index contributed by atoms with van der Waals surface area (Å²) in [5, 5.41) is 14.0. The summed E-state index contributed by atoms with van der Waals surface area (Å²) in [6.45, 7) is 3.60. The lowest BCUT2D eigenvalue weighted by atomic mass is 10.1. The second-order valence-corrected chi connectivity index (χ2v) is 7.95. The average Bonchev–Trinajstić information content (AvgIpc) is 3.27. The normalized spacial score (nSPS) is 13.7. The molecule has 11 nitrogen and oxygen atoms in total. The van der Waals surface area contributed by atoms with Crippen molar-refractivity contribution in [2.24, 2.45) is 10.8 Å². The number of amidine groups is 1. The Hall–Kier alpha value is -4.35. The van der Waals surface area contributed by atoms with Crippen molar-refractivity contribution in [2.45, 2.75) is 0 Å². The Bertz CT molecular complexity index is 1550. The fourth-order valence-electron chi connectivity index (χ4n) is 3.26. The highest BCUT2D eigenvalue weighted by Crippen LogP contribution is 2.41. The van der Waals surface area contributed by atoms with Gasteiger partial charge >= 0.3 is 6.03 Å². The van der Waals surface area contributed by atoms with E-state index >= 15 is 0 Å². The van der Waals surface area contributed by atoms with Gasteiger partial charge in [-0.25, -0.2) is 14.9 Å². The van der Waals surface area contributed by atoms with Gasteiger partial charge in [-0.15, -0.1) is 10.2 Å². The largest absolute Gasteiger partial charge is 0.434 e. The highest BCUT2D eigenvalue weighted by atomic mass is 35.5. The summed E-state index contributed by atoms with van der Waals surface area (Å²) in [6.07, 6.45) is 5.13. The zero-order chi connectivity index (χ0) is 24.0. The summed E-state index contributed by atoms with van der Waals surface area (Å²) >= 11 is 12.9. The maximum atomic E-state index is 12.3. The first-order chi connectivity index (χ1) is 16.3. The lowest BCUT2D eigenvalue weighted by molar-refractivity contribution is 0.248. The Balaban J connectivity index is 1.54. The number of halogens is 2. The van der Waals surface area contributed by atoms with E-state index in [4.69, 9.17) is 33.7 Å². The highest BCUT2D eigenvalue weighted by molar-refractivity contribution is 6.37. The van der Waals surface area contributed by atoms with Crippen LogP contribution in [0.4, 0.5) is 10.5 Å². The lowest BCUT2D eigenvalue weighted by Gasteiger charge is -2.24. The average molecular weight is 497 g/mol. The van der Waals surface area contributed by atoms with Gasteiger partial charge in [0.15, 0.2) is 11.6 Å². The van der Waals surface area contributed by atoms with E-state index in [1.807, 2.05) is 10.5 Å². The van der Waals surface area contributed by atoms with Crippen molar-refractivity contribution in [1.82, 2.24) is 24.9 Å². The van der Waals surface area contributed by atoms with Crippen LogP contribution in [0, 0.1) is 0 Å². The quantitative estimate of drug-likeness (QED) is 0.394. The van der Waals surface area contributed by atoms with Gasteiger partial charge in [0.05, 0.1) is 45.0 Å². The van der Waals surface area contributed by atoms with Gasteiger partial charge in [0.2, 0.25) is 5.88 Å². The number of ether oxygens (including phenoxy) is 1. The van der Waals surface area contributed by atoms with Gasteiger partial charge in [0.25, 0.3) is 5.56 Å². The van der Waals surface area contributed by atoms with E-state index in [-0.39, 0.29) is 38.9 Å². The number of carbonyl (C=O) groups is 1. The predicted octanol–water partition coefficient (Wildman–Crippen LogP) is 3.50. The van der Waals surface area contributed by atoms with Crippen LogP contribution in [0.2, 0.25) is 10.0 Å². The van der Waals surface area contributed by atoms with Crippen LogP contribution in [0.3, 0.4) is 0 Å². The van der Waals surface area contributed by atoms with Gasteiger partial charge in [-0.2, -0.15) is 5.01 Å². The number of aromatic nitrogens is 4. The van der Waals surface area contributed by atoms with Gasteiger partial charge < -0.3 is 20.2 Å². The van der Waals surface area contributed by atoms with Crippen molar-refractivity contribution in [3.8, 4) is 22.8 Å². The molecule has 0 saturated carbocycles. The monoisotopic (exact) mass is 496 g/mol. The molecule has 0 unspecified atom stereocenters. The molecule has 3 aromatic heterocycles. The standard InChI is InChI=1S/C21H14Cl2N8O3/c1-10-19(24)29-31(21(33)26-10)12-5-15(22)18(16(23)6-12)34-20-14(7-17(32)27-28-20)11-2-3-30-9-25-8-13(30)4-11/h2-9H,1H2,(H2,24,29)(H,26,33)(H,27,32). The summed E-state index contributed by atoms with van der Waals surface area (Å²) in [6, 6.07) is 7.24. The number of nitrogens with two attached hydrogens (primary N) is 1. The van der Waals surface area contributed by atoms with Crippen LogP contribution in [-0.2, 0) is 0 Å². The number of urea groups is 1. The van der Waals surface area contributed by atoms with Crippen molar-refractivity contribution in [3.63, 3.8) is 0 Å². The maximum Gasteiger partial charge on any atom is 0.347 e. The van der Waals surface area contributed by atoms with Gasteiger partial charge in [-0.3, -0.25) is 4.79 Å². The number of benzene rings is 1. The van der Waals surface area contributed by atoms with Crippen LogP contribution < -0.4 is 26.4 Å². The van der Waals surface area contributed by atoms with Crippen LogP contribution >= 0.6 is 23.2 Å². The maximum absolute atomic E-state index is 12.3. The molecule has 2 amide bonds. The minimum absolute atomic E-state index is 0.0319. The van der Waals surface area contributed by atoms with Crippen LogP contribution in [-0.4, -0.2) is 31.4 Å². The molecular weight excluding hydrogens is 483 g/mol. The molecule has 1 aliphatic rings. The van der Waals surface area contributed by atoms with Gasteiger partial charge in [0.1, 0.15) is 0 Å². The molecule has 0 spiro atoms. The topological polar surface area (TPSA) is 143 Å². The number of hydrazone groups is 1. The number of nitrogens with one attached hydrogen (secondary N) is 2. The lowest BCUT2D eigenvalue weighted by Crippen LogP contribution is -2.45. The molecule has 0 atom stereocenters. The van der Waals surface area contributed by atoms with Gasteiger partial charge in [0, 0.05) is 12.3 Å². The summed E-state index contributed by atoms with van der Waals surface area (Å²) in [5.74, 6) is 0.163. The fourth-order valence-corrected chi connectivity index (χ4v) is 3.81. The fraction of sp³-hybridized carbons (Fsp3) is 0. The van der Waals surface area contributed by atoms with E-state index in [0.29, 0.717) is 11.1 Å². The molecule has 0 fully saturated rings. The molecule has 34 heavy (non-hydrogen) atoms. The summed E-state index contributed by atoms with van der Waals surface area (Å²) in [4.78, 5) is 28.4. The van der Waals surface area contributed by atoms with E-state index in [2.05, 4.69) is 32.2 Å². The molecule has 4 aromatic rings. The number of hydrogen-bond acceptors (Lipinski definition) is 7. The third kappa shape index (κ3) is 3.83. The first kappa shape index (κ1) is 21.5. The number of imidazole rings is 1. The van der Waals surface area contributed by atoms with Crippen molar-refractivity contribution >= 4 is 46.3 Å². The molecule has 4 N–H and O–H groups in total. The zero-order valence-corrected chi connectivity index (χ0v) is 18.6. The van der Waals surface area contributed by atoms with E-state index in [1.54, 1.807) is 24.8 Å². The number of aromatic amines is 1. The number of amides is 2. The second-order valence-electron chi connectivity index (χ2n) is 7.14. The van der Waals surface area contributed by atoms with Crippen LogP contribution in [0.25, 0.3) is 16.6 Å². The summed E-state index contributed by atoms with van der Waals surface area (Å²) in [5.41, 5.74) is 7.65. The van der Waals surface area contributed by atoms with Crippen LogP contribution in [0.5, 0.6) is 11.6 Å². The Kier molecular flexibility index (Phi) is 5.19. The van der Waals surface area contributed by atoms with E-state index in [1.165, 1.54) is 18.2 Å². The summed E-state index contributed by atoms with van der Waals surface area (Å²) < 4.78 is 7.74. The third-order valence-electron chi connectivity index (χ3n) is 4.89. The molecule has 0 saturated heterocycles. The van der Waals surface area contributed by atoms with Crippen molar-refractivity contribution in [3.05, 3.63) is 81.7 Å². The van der Waals surface area contributed by atoms with E-state index in [9.17, 15) is 9.59 Å². The SMILES string of the molecule is C=C1NC(=O)N(c2cc(Cl)c(Oc3n[nH]c(=O)cc3-c3ccn4cncc4c3)c(Cl)c2)N=C1N. The number of H-pyrrole nitrogens is 1. The second kappa shape index (κ2) is 8.21. The number of nitrogens with zero attached hydrogens (tertiary/aromatic N) is 5. The number of fused-ring (bicyclic) bond motifs is 1. The molecule has 4 heterocycles. The van der Waals surface area contributed by atoms with E-state index in [0.717, 1.165) is 10.5 Å². The molecule has 0 radical (unpaired) electrons. The Morgan fingerprint density at radius 1 is 1.12 bits per heavy atom. The molecule has 1 aliphatic heterocycles. The predicted molar refractivity (Wildman–Crippen MR) is 127 cm³/mol. The zero-order valence-electron chi connectivity index (χ0n) is 17.1. The van der Waals surface area contributed by atoms with E-state index < -0.39 is 11.6 Å².